The molecule has 6 nitrogen and oxygen atoms in total. The van der Waals surface area contributed by atoms with Crippen LogP contribution in [0.15, 0.2) is 35.5 Å². The quantitative estimate of drug-likeness (QED) is 0.566. The highest BCUT2D eigenvalue weighted by molar-refractivity contribution is 7.99. The van der Waals surface area contributed by atoms with E-state index < -0.39 is 5.97 Å². The molecule has 102 valence electrons. The van der Waals surface area contributed by atoms with E-state index in [1.165, 1.54) is 4.68 Å². The molecule has 2 heterocycles. The lowest BCUT2D eigenvalue weighted by Crippen LogP contribution is -2.12. The standard InChI is InChI=1S/C12H10N4O2S2/c13-16-11(14-15-12(16)19-6-10(17)18)9-5-7-3-1-2-4-8(7)20-9/h1-5H,6,13H2,(H,17,18). The minimum absolute atomic E-state index is 0.0955. The number of aromatic nitrogens is 3. The van der Waals surface area contributed by atoms with Crippen LogP contribution in [0.3, 0.4) is 0 Å². The molecule has 20 heavy (non-hydrogen) atoms. The van der Waals surface area contributed by atoms with E-state index in [2.05, 4.69) is 10.2 Å². The van der Waals surface area contributed by atoms with Gasteiger partial charge in [-0.15, -0.1) is 21.5 Å². The third-order valence-electron chi connectivity index (χ3n) is 2.64. The predicted octanol–water partition coefficient (Wildman–Crippen LogP) is 2.05. The van der Waals surface area contributed by atoms with Gasteiger partial charge in [-0.3, -0.25) is 4.79 Å². The molecule has 0 bridgehead atoms. The van der Waals surface area contributed by atoms with Gasteiger partial charge in [0.25, 0.3) is 0 Å². The number of carboxylic acid groups (broad SMARTS) is 1. The first kappa shape index (κ1) is 12.9. The molecule has 1 aromatic carbocycles. The summed E-state index contributed by atoms with van der Waals surface area (Å²) in [5.74, 6) is 5.46. The minimum atomic E-state index is -0.915. The first-order valence-corrected chi connectivity index (χ1v) is 7.49. The Morgan fingerprint density at radius 2 is 2.20 bits per heavy atom. The van der Waals surface area contributed by atoms with Gasteiger partial charge in [0, 0.05) is 4.70 Å². The van der Waals surface area contributed by atoms with Crippen LogP contribution < -0.4 is 5.84 Å². The molecule has 0 aliphatic heterocycles. The number of fused-ring (bicyclic) bond motifs is 1. The van der Waals surface area contributed by atoms with Crippen molar-refractivity contribution < 1.29 is 9.90 Å². The summed E-state index contributed by atoms with van der Waals surface area (Å²) in [6.45, 7) is 0. The molecule has 3 rings (SSSR count). The van der Waals surface area contributed by atoms with Gasteiger partial charge >= 0.3 is 5.97 Å². The molecule has 0 spiro atoms. The molecule has 0 amide bonds. The Morgan fingerprint density at radius 1 is 1.40 bits per heavy atom. The summed E-state index contributed by atoms with van der Waals surface area (Å²) < 4.78 is 2.48. The Hall–Kier alpha value is -2.06. The van der Waals surface area contributed by atoms with Crippen molar-refractivity contribution in [2.45, 2.75) is 5.16 Å². The number of hydrogen-bond acceptors (Lipinski definition) is 6. The summed E-state index contributed by atoms with van der Waals surface area (Å²) in [5.41, 5.74) is 0. The van der Waals surface area contributed by atoms with Gasteiger partial charge in [0.1, 0.15) is 0 Å². The number of nitrogens with two attached hydrogens (primary N) is 1. The molecular weight excluding hydrogens is 296 g/mol. The number of nitrogen functional groups attached to an aromatic ring is 1. The van der Waals surface area contributed by atoms with Crippen LogP contribution in [0.4, 0.5) is 0 Å². The zero-order chi connectivity index (χ0) is 14.1. The minimum Gasteiger partial charge on any atom is -0.481 e. The summed E-state index contributed by atoms with van der Waals surface area (Å²) in [6, 6.07) is 10.00. The van der Waals surface area contributed by atoms with Gasteiger partial charge in [-0.25, -0.2) is 4.68 Å². The van der Waals surface area contributed by atoms with Crippen molar-refractivity contribution in [3.05, 3.63) is 30.3 Å². The monoisotopic (exact) mass is 306 g/mol. The second kappa shape index (κ2) is 5.14. The molecule has 0 aliphatic carbocycles. The average molecular weight is 306 g/mol. The van der Waals surface area contributed by atoms with E-state index >= 15 is 0 Å². The van der Waals surface area contributed by atoms with Crippen LogP contribution in [0.5, 0.6) is 0 Å². The van der Waals surface area contributed by atoms with Crippen molar-refractivity contribution in [3.8, 4) is 10.7 Å². The topological polar surface area (TPSA) is 94.0 Å². The zero-order valence-electron chi connectivity index (χ0n) is 10.2. The van der Waals surface area contributed by atoms with Gasteiger partial charge < -0.3 is 10.9 Å². The number of hydrogen-bond donors (Lipinski definition) is 2. The maximum absolute atomic E-state index is 10.6. The van der Waals surface area contributed by atoms with E-state index in [-0.39, 0.29) is 5.75 Å². The van der Waals surface area contributed by atoms with Crippen molar-refractivity contribution in [1.29, 1.82) is 0 Å². The maximum Gasteiger partial charge on any atom is 0.313 e. The predicted molar refractivity (Wildman–Crippen MR) is 79.4 cm³/mol. The Labute approximate surface area is 122 Å². The number of benzene rings is 1. The highest BCUT2D eigenvalue weighted by Crippen LogP contribution is 2.32. The number of carboxylic acids is 1. The Morgan fingerprint density at radius 3 is 2.95 bits per heavy atom. The summed E-state index contributed by atoms with van der Waals surface area (Å²) in [4.78, 5) is 11.5. The number of rotatable bonds is 4. The number of carbonyl (C=O) groups is 1. The fraction of sp³-hybridized carbons (Fsp3) is 0.0833. The Kier molecular flexibility index (Phi) is 3.33. The average Bonchev–Trinajstić information content (AvgIpc) is 2.99. The number of thiophene rings is 1. The molecule has 0 fully saturated rings. The summed E-state index contributed by atoms with van der Waals surface area (Å²) >= 11 is 2.62. The molecule has 0 aliphatic rings. The Balaban J connectivity index is 1.95. The van der Waals surface area contributed by atoms with E-state index in [9.17, 15) is 4.79 Å². The Bertz CT molecular complexity index is 748. The van der Waals surface area contributed by atoms with Crippen LogP contribution >= 0.6 is 23.1 Å². The second-order valence-electron chi connectivity index (χ2n) is 4.01. The lowest BCUT2D eigenvalue weighted by Gasteiger charge is -2.00. The molecule has 0 unspecified atom stereocenters. The second-order valence-corrected chi connectivity index (χ2v) is 6.03. The van der Waals surface area contributed by atoms with E-state index in [4.69, 9.17) is 10.9 Å². The number of nitrogens with zero attached hydrogens (tertiary/aromatic N) is 3. The summed E-state index contributed by atoms with van der Waals surface area (Å²) in [5, 5.41) is 18.1. The first-order chi connectivity index (χ1) is 9.65. The van der Waals surface area contributed by atoms with Crippen LogP contribution in [0, 0.1) is 0 Å². The molecule has 3 aromatic rings. The van der Waals surface area contributed by atoms with Crippen LogP contribution in [0.1, 0.15) is 0 Å². The van der Waals surface area contributed by atoms with Gasteiger partial charge in [0.15, 0.2) is 5.82 Å². The van der Waals surface area contributed by atoms with Gasteiger partial charge in [0.2, 0.25) is 5.16 Å². The van der Waals surface area contributed by atoms with Crippen molar-refractivity contribution in [2.24, 2.45) is 0 Å². The largest absolute Gasteiger partial charge is 0.481 e. The maximum atomic E-state index is 10.6. The summed E-state index contributed by atoms with van der Waals surface area (Å²) in [7, 11) is 0. The highest BCUT2D eigenvalue weighted by atomic mass is 32.2. The van der Waals surface area contributed by atoms with Gasteiger partial charge in [-0.2, -0.15) is 0 Å². The van der Waals surface area contributed by atoms with Gasteiger partial charge in [-0.05, 0) is 17.5 Å². The third-order valence-corrected chi connectivity index (χ3v) is 4.68. The van der Waals surface area contributed by atoms with Crippen LogP contribution in [0.2, 0.25) is 0 Å². The molecule has 0 saturated heterocycles. The molecule has 0 atom stereocenters. The van der Waals surface area contributed by atoms with E-state index in [0.29, 0.717) is 11.0 Å². The van der Waals surface area contributed by atoms with Gasteiger partial charge in [-0.1, -0.05) is 30.0 Å². The molecule has 2 aromatic heterocycles. The zero-order valence-corrected chi connectivity index (χ0v) is 11.8. The lowest BCUT2D eigenvalue weighted by atomic mass is 10.2. The van der Waals surface area contributed by atoms with Crippen molar-refractivity contribution in [1.82, 2.24) is 14.9 Å². The molecule has 0 radical (unpaired) electrons. The highest BCUT2D eigenvalue weighted by Gasteiger charge is 2.15. The molecule has 0 saturated carbocycles. The number of aliphatic carboxylic acids is 1. The fourth-order valence-electron chi connectivity index (χ4n) is 1.76. The normalized spacial score (nSPS) is 11.0. The van der Waals surface area contributed by atoms with Crippen molar-refractivity contribution >= 4 is 39.2 Å². The molecule has 8 heteroatoms. The fourth-order valence-corrected chi connectivity index (χ4v) is 3.38. The van der Waals surface area contributed by atoms with Crippen molar-refractivity contribution in [3.63, 3.8) is 0 Å². The third kappa shape index (κ3) is 2.35. The van der Waals surface area contributed by atoms with Crippen LogP contribution in [0.25, 0.3) is 20.8 Å². The summed E-state index contributed by atoms with van der Waals surface area (Å²) in [6.07, 6.45) is 0. The van der Waals surface area contributed by atoms with E-state index in [1.807, 2.05) is 30.3 Å². The van der Waals surface area contributed by atoms with Crippen LogP contribution in [-0.4, -0.2) is 31.7 Å². The van der Waals surface area contributed by atoms with Gasteiger partial charge in [0.05, 0.1) is 10.6 Å². The van der Waals surface area contributed by atoms with Crippen molar-refractivity contribution in [2.75, 3.05) is 11.6 Å². The van der Waals surface area contributed by atoms with E-state index in [0.717, 1.165) is 26.7 Å². The number of thioether (sulfide) groups is 1. The van der Waals surface area contributed by atoms with E-state index in [1.54, 1.807) is 11.3 Å². The SMILES string of the molecule is Nn1c(SCC(=O)O)nnc1-c1cc2ccccc2s1. The molecular formula is C12H10N4O2S2. The van der Waals surface area contributed by atoms with Crippen LogP contribution in [-0.2, 0) is 4.79 Å². The smallest absolute Gasteiger partial charge is 0.313 e. The lowest BCUT2D eigenvalue weighted by molar-refractivity contribution is -0.133. The first-order valence-electron chi connectivity index (χ1n) is 5.69. The molecule has 3 N–H and O–H groups in total.